The second-order valence-corrected chi connectivity index (χ2v) is 3.37. The van der Waals surface area contributed by atoms with Crippen LogP contribution in [0, 0.1) is 0 Å². The second-order valence-electron chi connectivity index (χ2n) is 3.19. The number of phenols is 1. The molecule has 0 heterocycles. The Morgan fingerprint density at radius 1 is 0.800 bits per heavy atom. The summed E-state index contributed by atoms with van der Waals surface area (Å²) in [6.07, 6.45) is 0. The molecule has 2 nitrogen and oxygen atoms in total. The molecule has 0 amide bonds. The van der Waals surface area contributed by atoms with E-state index in [1.807, 2.05) is 36.4 Å². The predicted molar refractivity (Wildman–Crippen MR) is 63.0 cm³/mol. The van der Waals surface area contributed by atoms with Crippen molar-refractivity contribution in [3.63, 3.8) is 0 Å². The topological polar surface area (TPSA) is 32.6 Å². The van der Waals surface area contributed by atoms with Crippen molar-refractivity contribution in [1.82, 2.24) is 0 Å². The van der Waals surface area contributed by atoms with Crippen LogP contribution in [-0.4, -0.2) is 5.11 Å². The lowest BCUT2D eigenvalue weighted by atomic mass is 10.1. The minimum Gasteiger partial charge on any atom is -0.508 e. The first kappa shape index (κ1) is 9.80. The molecule has 0 aromatic heterocycles. The van der Waals surface area contributed by atoms with Crippen molar-refractivity contribution in [2.45, 2.75) is 0 Å². The molecule has 74 valence electrons. The number of hydrogen-bond acceptors (Lipinski definition) is 3. The van der Waals surface area contributed by atoms with Gasteiger partial charge in [-0.2, -0.15) is 4.36 Å². The lowest BCUT2D eigenvalue weighted by Gasteiger charge is -2.01. The van der Waals surface area contributed by atoms with Gasteiger partial charge in [-0.05, 0) is 35.4 Å². The maximum atomic E-state index is 9.16. The van der Waals surface area contributed by atoms with E-state index in [1.54, 1.807) is 12.1 Å². The molecule has 2 aromatic rings. The van der Waals surface area contributed by atoms with Gasteiger partial charge in [-0.15, -0.1) is 0 Å². The van der Waals surface area contributed by atoms with Gasteiger partial charge in [-0.25, -0.2) is 0 Å². The molecule has 0 aliphatic carbocycles. The Kier molecular flexibility index (Phi) is 2.74. The van der Waals surface area contributed by atoms with E-state index >= 15 is 0 Å². The summed E-state index contributed by atoms with van der Waals surface area (Å²) in [6, 6.07) is 14.7. The quantitative estimate of drug-likeness (QED) is 0.832. The molecule has 15 heavy (non-hydrogen) atoms. The van der Waals surface area contributed by atoms with Crippen molar-refractivity contribution in [2.75, 3.05) is 0 Å². The zero-order valence-electron chi connectivity index (χ0n) is 7.92. The van der Waals surface area contributed by atoms with E-state index < -0.39 is 0 Å². The Balaban J connectivity index is 2.37. The third-order valence-corrected chi connectivity index (χ3v) is 2.38. The predicted octanol–water partition coefficient (Wildman–Crippen LogP) is 3.42. The van der Waals surface area contributed by atoms with Crippen LogP contribution in [0.3, 0.4) is 0 Å². The standard InChI is InChI=1S/C12H9NOS/c14-12-7-3-10(4-8-12)9-1-5-11(13-15)6-2-9/h1-8,14H. The summed E-state index contributed by atoms with van der Waals surface area (Å²) in [5, 5.41) is 9.16. The molecule has 0 saturated heterocycles. The van der Waals surface area contributed by atoms with Gasteiger partial charge in [-0.1, -0.05) is 24.3 Å². The number of aromatic hydroxyl groups is 1. The normalized spacial score (nSPS) is 9.87. The smallest absolute Gasteiger partial charge is 0.115 e. The summed E-state index contributed by atoms with van der Waals surface area (Å²) in [4.78, 5) is 0. The molecule has 0 bridgehead atoms. The van der Waals surface area contributed by atoms with Crippen LogP contribution in [0.15, 0.2) is 52.9 Å². The van der Waals surface area contributed by atoms with E-state index in [-0.39, 0.29) is 5.75 Å². The van der Waals surface area contributed by atoms with E-state index in [4.69, 9.17) is 5.11 Å². The molecule has 0 atom stereocenters. The maximum absolute atomic E-state index is 9.16. The van der Waals surface area contributed by atoms with Crippen LogP contribution in [0.2, 0.25) is 0 Å². The van der Waals surface area contributed by atoms with Crippen LogP contribution in [0.5, 0.6) is 5.75 Å². The zero-order valence-corrected chi connectivity index (χ0v) is 8.74. The van der Waals surface area contributed by atoms with Crippen LogP contribution >= 0.6 is 0 Å². The maximum Gasteiger partial charge on any atom is 0.115 e. The lowest BCUT2D eigenvalue weighted by molar-refractivity contribution is 0.475. The fourth-order valence-corrected chi connectivity index (χ4v) is 1.49. The molecule has 0 spiro atoms. The number of rotatable bonds is 2. The molecule has 0 aliphatic rings. The number of nitrogens with zero attached hydrogens (tertiary/aromatic N) is 1. The van der Waals surface area contributed by atoms with Crippen LogP contribution in [0.25, 0.3) is 11.1 Å². The van der Waals surface area contributed by atoms with Crippen molar-refractivity contribution >= 4 is 18.1 Å². The van der Waals surface area contributed by atoms with Gasteiger partial charge < -0.3 is 5.11 Å². The summed E-state index contributed by atoms with van der Waals surface area (Å²) in [5.41, 5.74) is 2.92. The Morgan fingerprint density at radius 2 is 1.27 bits per heavy atom. The van der Waals surface area contributed by atoms with Gasteiger partial charge in [-0.3, -0.25) is 0 Å². The van der Waals surface area contributed by atoms with Gasteiger partial charge in [0.1, 0.15) is 5.75 Å². The lowest BCUT2D eigenvalue weighted by Crippen LogP contribution is -1.75. The Morgan fingerprint density at radius 3 is 1.73 bits per heavy atom. The third kappa shape index (κ3) is 2.19. The molecule has 1 N–H and O–H groups in total. The Labute approximate surface area is 93.4 Å². The van der Waals surface area contributed by atoms with Crippen molar-refractivity contribution in [2.24, 2.45) is 4.36 Å². The van der Waals surface area contributed by atoms with Gasteiger partial charge in [0.25, 0.3) is 0 Å². The van der Waals surface area contributed by atoms with E-state index in [9.17, 15) is 0 Å². The summed E-state index contributed by atoms with van der Waals surface area (Å²) in [7, 11) is 0. The molecule has 2 aromatic carbocycles. The molecule has 0 saturated carbocycles. The van der Waals surface area contributed by atoms with Crippen molar-refractivity contribution in [3.8, 4) is 16.9 Å². The van der Waals surface area contributed by atoms with E-state index in [2.05, 4.69) is 16.8 Å². The first-order chi connectivity index (χ1) is 7.29. The minimum absolute atomic E-state index is 0.274. The minimum atomic E-state index is 0.274. The molecular formula is C12H9NOS. The number of phenolic OH excluding ortho intramolecular Hbond substituents is 1. The molecule has 0 unspecified atom stereocenters. The first-order valence-electron chi connectivity index (χ1n) is 4.52. The van der Waals surface area contributed by atoms with Crippen LogP contribution in [-0.2, 0) is 12.4 Å². The highest BCUT2D eigenvalue weighted by Crippen LogP contribution is 2.23. The van der Waals surface area contributed by atoms with Crippen LogP contribution in [0.1, 0.15) is 0 Å². The van der Waals surface area contributed by atoms with Crippen molar-refractivity contribution in [1.29, 1.82) is 0 Å². The van der Waals surface area contributed by atoms with Crippen molar-refractivity contribution < 1.29 is 5.11 Å². The van der Waals surface area contributed by atoms with Gasteiger partial charge in [0.15, 0.2) is 0 Å². The fourth-order valence-electron chi connectivity index (χ4n) is 1.37. The molecule has 0 aliphatic heterocycles. The van der Waals surface area contributed by atoms with Gasteiger partial charge in [0, 0.05) is 12.4 Å². The summed E-state index contributed by atoms with van der Waals surface area (Å²) in [5.74, 6) is 0.274. The Hall–Kier alpha value is -1.74. The second kappa shape index (κ2) is 4.19. The third-order valence-electron chi connectivity index (χ3n) is 2.17. The fraction of sp³-hybridized carbons (Fsp3) is 0. The monoisotopic (exact) mass is 215 g/mol. The van der Waals surface area contributed by atoms with E-state index in [0.717, 1.165) is 16.8 Å². The SMILES string of the molecule is Oc1ccc(-c2ccc(N=S)cc2)cc1. The number of hydrogen-bond donors (Lipinski definition) is 1. The average Bonchev–Trinajstić information content (AvgIpc) is 2.30. The first-order valence-corrected chi connectivity index (χ1v) is 4.89. The molecule has 2 rings (SSSR count). The molecule has 0 radical (unpaired) electrons. The van der Waals surface area contributed by atoms with Crippen molar-refractivity contribution in [3.05, 3.63) is 48.5 Å². The highest BCUT2D eigenvalue weighted by molar-refractivity contribution is 7.47. The van der Waals surface area contributed by atoms with Crippen LogP contribution in [0.4, 0.5) is 5.69 Å². The average molecular weight is 215 g/mol. The largest absolute Gasteiger partial charge is 0.508 e. The number of benzene rings is 2. The van der Waals surface area contributed by atoms with Crippen LogP contribution < -0.4 is 0 Å². The van der Waals surface area contributed by atoms with E-state index in [0.29, 0.717) is 0 Å². The molecule has 3 heteroatoms. The summed E-state index contributed by atoms with van der Waals surface area (Å²) >= 11 is 4.59. The van der Waals surface area contributed by atoms with Gasteiger partial charge in [0.2, 0.25) is 0 Å². The summed E-state index contributed by atoms with van der Waals surface area (Å²) < 4.78 is 3.66. The molecule has 0 fully saturated rings. The Bertz CT molecular complexity index is 462. The molecular weight excluding hydrogens is 206 g/mol. The van der Waals surface area contributed by atoms with Gasteiger partial charge in [0.05, 0.1) is 5.69 Å². The highest BCUT2D eigenvalue weighted by Gasteiger charge is 1.97. The van der Waals surface area contributed by atoms with Gasteiger partial charge >= 0.3 is 0 Å². The zero-order chi connectivity index (χ0) is 10.7. The van der Waals surface area contributed by atoms with E-state index in [1.165, 1.54) is 0 Å². The summed E-state index contributed by atoms with van der Waals surface area (Å²) in [6.45, 7) is 0. The highest BCUT2D eigenvalue weighted by atomic mass is 32.1.